The zero-order valence-electron chi connectivity index (χ0n) is 12.7. The van der Waals surface area contributed by atoms with E-state index >= 15 is 0 Å². The van der Waals surface area contributed by atoms with Crippen LogP contribution in [0.4, 0.5) is 5.69 Å². The number of nitrogens with zero attached hydrogens (tertiary/aromatic N) is 3. The van der Waals surface area contributed by atoms with Gasteiger partial charge < -0.3 is 15.2 Å². The number of fused-ring (bicyclic) bond motifs is 1. The number of hydrogen-bond acceptors (Lipinski definition) is 3. The van der Waals surface area contributed by atoms with Crippen molar-refractivity contribution in [1.82, 2.24) is 14.5 Å². The Labute approximate surface area is 124 Å². The fraction of sp³-hybridized carbons (Fsp3) is 0.500. The fourth-order valence-corrected chi connectivity index (χ4v) is 3.16. The van der Waals surface area contributed by atoms with E-state index in [9.17, 15) is 4.79 Å². The number of carbonyl (C=O) groups is 1. The third kappa shape index (κ3) is 2.37. The van der Waals surface area contributed by atoms with Gasteiger partial charge in [-0.1, -0.05) is 6.92 Å². The molecule has 1 unspecified atom stereocenters. The second-order valence-electron chi connectivity index (χ2n) is 5.71. The van der Waals surface area contributed by atoms with E-state index in [0.717, 1.165) is 49.2 Å². The van der Waals surface area contributed by atoms with Gasteiger partial charge in [-0.15, -0.1) is 0 Å². The summed E-state index contributed by atoms with van der Waals surface area (Å²) in [5.41, 5.74) is 8.39. The first-order valence-corrected chi connectivity index (χ1v) is 7.67. The molecule has 2 heterocycles. The summed E-state index contributed by atoms with van der Waals surface area (Å²) in [6.07, 6.45) is 3.02. The molecule has 1 aliphatic rings. The standard InChI is InChI=1S/C16H22N4O/c1-3-15-18-13-10-12(17)6-7-14(13)20(15)11(2)16(21)19-8-4-5-9-19/h6-7,10-11H,3-5,8-9,17H2,1-2H3. The summed E-state index contributed by atoms with van der Waals surface area (Å²) in [5.74, 6) is 1.13. The highest BCUT2D eigenvalue weighted by Crippen LogP contribution is 2.25. The highest BCUT2D eigenvalue weighted by atomic mass is 16.2. The number of amides is 1. The summed E-state index contributed by atoms with van der Waals surface area (Å²) in [4.78, 5) is 19.3. The van der Waals surface area contributed by atoms with E-state index in [0.29, 0.717) is 5.69 Å². The molecule has 1 amide bonds. The Bertz CT molecular complexity index is 670. The van der Waals surface area contributed by atoms with Gasteiger partial charge in [-0.05, 0) is 38.0 Å². The number of nitrogens with two attached hydrogens (primary N) is 1. The minimum Gasteiger partial charge on any atom is -0.399 e. The lowest BCUT2D eigenvalue weighted by Gasteiger charge is -2.23. The first-order valence-electron chi connectivity index (χ1n) is 7.67. The average Bonchev–Trinajstić information content (AvgIpc) is 3.12. The molecule has 1 aromatic carbocycles. The number of hydrogen-bond donors (Lipinski definition) is 1. The number of aryl methyl sites for hydroxylation is 1. The van der Waals surface area contributed by atoms with Crippen LogP contribution in [-0.2, 0) is 11.2 Å². The smallest absolute Gasteiger partial charge is 0.245 e. The second-order valence-corrected chi connectivity index (χ2v) is 5.71. The Morgan fingerprint density at radius 3 is 2.76 bits per heavy atom. The van der Waals surface area contributed by atoms with Crippen molar-refractivity contribution in [3.8, 4) is 0 Å². The van der Waals surface area contributed by atoms with Gasteiger partial charge in [0.2, 0.25) is 5.91 Å². The number of benzene rings is 1. The predicted molar refractivity (Wildman–Crippen MR) is 84.0 cm³/mol. The van der Waals surface area contributed by atoms with Crippen LogP contribution in [0.15, 0.2) is 18.2 Å². The SMILES string of the molecule is CCc1nc2cc(N)ccc2n1C(C)C(=O)N1CCCC1. The number of imidazole rings is 1. The molecule has 1 atom stereocenters. The quantitative estimate of drug-likeness (QED) is 0.881. The molecule has 21 heavy (non-hydrogen) atoms. The van der Waals surface area contributed by atoms with Crippen LogP contribution in [-0.4, -0.2) is 33.4 Å². The van der Waals surface area contributed by atoms with Gasteiger partial charge in [0.1, 0.15) is 11.9 Å². The summed E-state index contributed by atoms with van der Waals surface area (Å²) in [6, 6.07) is 5.49. The molecule has 5 heteroatoms. The highest BCUT2D eigenvalue weighted by Gasteiger charge is 2.27. The summed E-state index contributed by atoms with van der Waals surface area (Å²) in [7, 11) is 0. The molecule has 1 aliphatic heterocycles. The van der Waals surface area contributed by atoms with Crippen LogP contribution in [0.1, 0.15) is 38.6 Å². The van der Waals surface area contributed by atoms with Crippen molar-refractivity contribution < 1.29 is 4.79 Å². The van der Waals surface area contributed by atoms with Crippen LogP contribution < -0.4 is 5.73 Å². The Kier molecular flexibility index (Phi) is 3.57. The van der Waals surface area contributed by atoms with E-state index in [4.69, 9.17) is 5.73 Å². The van der Waals surface area contributed by atoms with Crippen molar-refractivity contribution in [1.29, 1.82) is 0 Å². The number of carbonyl (C=O) groups excluding carboxylic acids is 1. The maximum atomic E-state index is 12.7. The van der Waals surface area contributed by atoms with Crippen LogP contribution in [0, 0.1) is 0 Å². The molecule has 0 spiro atoms. The molecule has 5 nitrogen and oxygen atoms in total. The zero-order valence-corrected chi connectivity index (χ0v) is 12.7. The van der Waals surface area contributed by atoms with Gasteiger partial charge in [0.05, 0.1) is 11.0 Å². The maximum Gasteiger partial charge on any atom is 0.245 e. The summed E-state index contributed by atoms with van der Waals surface area (Å²) < 4.78 is 2.06. The number of nitrogen functional groups attached to an aromatic ring is 1. The van der Waals surface area contributed by atoms with Gasteiger partial charge in [0.25, 0.3) is 0 Å². The van der Waals surface area contributed by atoms with Crippen LogP contribution in [0.5, 0.6) is 0 Å². The minimum absolute atomic E-state index is 0.193. The van der Waals surface area contributed by atoms with Crippen LogP contribution in [0.2, 0.25) is 0 Å². The Morgan fingerprint density at radius 2 is 2.10 bits per heavy atom. The van der Waals surface area contributed by atoms with E-state index in [1.54, 1.807) is 0 Å². The minimum atomic E-state index is -0.216. The molecule has 2 aromatic rings. The molecule has 1 aromatic heterocycles. The number of aromatic nitrogens is 2. The molecule has 0 aliphatic carbocycles. The number of likely N-dealkylation sites (tertiary alicyclic amines) is 1. The molecule has 1 fully saturated rings. The van der Waals surface area contributed by atoms with Gasteiger partial charge in [0.15, 0.2) is 0 Å². The molecule has 1 saturated heterocycles. The molecule has 0 saturated carbocycles. The Balaban J connectivity index is 2.03. The van der Waals surface area contributed by atoms with Gasteiger partial charge in [0, 0.05) is 25.2 Å². The first-order chi connectivity index (χ1) is 10.1. The topological polar surface area (TPSA) is 64.1 Å². The predicted octanol–water partition coefficient (Wildman–Crippen LogP) is 2.36. The zero-order chi connectivity index (χ0) is 15.0. The number of anilines is 1. The summed E-state index contributed by atoms with van der Waals surface area (Å²) in [5, 5.41) is 0. The third-order valence-electron chi connectivity index (χ3n) is 4.27. The van der Waals surface area contributed by atoms with E-state index in [1.807, 2.05) is 30.0 Å². The van der Waals surface area contributed by atoms with E-state index in [2.05, 4.69) is 16.5 Å². The molecular weight excluding hydrogens is 264 g/mol. The van der Waals surface area contributed by atoms with Crippen molar-refractivity contribution in [3.63, 3.8) is 0 Å². The maximum absolute atomic E-state index is 12.7. The Morgan fingerprint density at radius 1 is 1.38 bits per heavy atom. The van der Waals surface area contributed by atoms with Crippen molar-refractivity contribution in [2.24, 2.45) is 0 Å². The lowest BCUT2D eigenvalue weighted by atomic mass is 10.2. The highest BCUT2D eigenvalue weighted by molar-refractivity contribution is 5.85. The van der Waals surface area contributed by atoms with E-state index < -0.39 is 0 Å². The van der Waals surface area contributed by atoms with Crippen molar-refractivity contribution in [2.45, 2.75) is 39.2 Å². The first kappa shape index (κ1) is 13.9. The fourth-order valence-electron chi connectivity index (χ4n) is 3.16. The second kappa shape index (κ2) is 5.39. The largest absolute Gasteiger partial charge is 0.399 e. The lowest BCUT2D eigenvalue weighted by molar-refractivity contribution is -0.133. The lowest BCUT2D eigenvalue weighted by Crippen LogP contribution is -2.34. The molecular formula is C16H22N4O. The van der Waals surface area contributed by atoms with Gasteiger partial charge in [-0.25, -0.2) is 4.98 Å². The van der Waals surface area contributed by atoms with Crippen molar-refractivity contribution in [2.75, 3.05) is 18.8 Å². The van der Waals surface area contributed by atoms with E-state index in [-0.39, 0.29) is 11.9 Å². The third-order valence-corrected chi connectivity index (χ3v) is 4.27. The monoisotopic (exact) mass is 286 g/mol. The van der Waals surface area contributed by atoms with Gasteiger partial charge in [-0.3, -0.25) is 4.79 Å². The normalized spacial score (nSPS) is 16.6. The van der Waals surface area contributed by atoms with Crippen molar-refractivity contribution in [3.05, 3.63) is 24.0 Å². The Hall–Kier alpha value is -2.04. The molecule has 3 rings (SSSR count). The molecule has 112 valence electrons. The van der Waals surface area contributed by atoms with Crippen LogP contribution >= 0.6 is 0 Å². The van der Waals surface area contributed by atoms with Gasteiger partial charge >= 0.3 is 0 Å². The van der Waals surface area contributed by atoms with Gasteiger partial charge in [-0.2, -0.15) is 0 Å². The molecule has 2 N–H and O–H groups in total. The number of rotatable bonds is 3. The summed E-state index contributed by atoms with van der Waals surface area (Å²) in [6.45, 7) is 5.79. The summed E-state index contributed by atoms with van der Waals surface area (Å²) >= 11 is 0. The van der Waals surface area contributed by atoms with Crippen LogP contribution in [0.25, 0.3) is 11.0 Å². The molecule has 0 radical (unpaired) electrons. The van der Waals surface area contributed by atoms with Crippen molar-refractivity contribution >= 4 is 22.6 Å². The van der Waals surface area contributed by atoms with E-state index in [1.165, 1.54) is 0 Å². The average molecular weight is 286 g/mol. The van der Waals surface area contributed by atoms with Crippen LogP contribution in [0.3, 0.4) is 0 Å². The molecule has 0 bridgehead atoms.